The van der Waals surface area contributed by atoms with Crippen molar-refractivity contribution in [2.75, 3.05) is 13.1 Å². The number of hydrogen-bond donors (Lipinski definition) is 1. The second-order valence-electron chi connectivity index (χ2n) is 8.85. The Hall–Kier alpha value is -3.27. The molecule has 1 N–H and O–H groups in total. The first-order valence-electron chi connectivity index (χ1n) is 11.5. The number of carbonyl (C=O) groups excluding carboxylic acids is 2. The zero-order valence-electron chi connectivity index (χ0n) is 19.0. The minimum Gasteiger partial charge on any atom is -0.348 e. The van der Waals surface area contributed by atoms with Gasteiger partial charge in [0.2, 0.25) is 5.91 Å². The fraction of sp³-hybridized carbons (Fsp3) is 0.400. The maximum absolute atomic E-state index is 13.1. The molecule has 186 valence electrons. The highest BCUT2D eigenvalue weighted by Gasteiger charge is 2.31. The van der Waals surface area contributed by atoms with E-state index in [1.54, 1.807) is 18.2 Å². The Balaban J connectivity index is 1.29. The minimum absolute atomic E-state index is 0.0777. The molecule has 0 aromatic heterocycles. The Kier molecular flexibility index (Phi) is 7.49. The molecule has 0 spiro atoms. The second-order valence-corrected chi connectivity index (χ2v) is 8.85. The number of hydrogen-bond acceptors (Lipinski definition) is 4. The van der Waals surface area contributed by atoms with Crippen LogP contribution >= 0.6 is 0 Å². The molecule has 2 aromatic carbocycles. The quantitative estimate of drug-likeness (QED) is 0.620. The van der Waals surface area contributed by atoms with Crippen LogP contribution in [0.1, 0.15) is 42.4 Å². The van der Waals surface area contributed by atoms with Crippen LogP contribution in [0.3, 0.4) is 0 Å². The minimum atomic E-state index is -4.37. The van der Waals surface area contributed by atoms with Gasteiger partial charge in [-0.25, -0.2) is 9.40 Å². The molecule has 0 saturated carbocycles. The van der Waals surface area contributed by atoms with Crippen LogP contribution < -0.4 is 5.32 Å². The molecule has 2 aliphatic heterocycles. The van der Waals surface area contributed by atoms with E-state index in [0.29, 0.717) is 43.6 Å². The number of alkyl halides is 3. The smallest absolute Gasteiger partial charge is 0.348 e. The van der Waals surface area contributed by atoms with E-state index in [1.807, 2.05) is 0 Å². The third-order valence-electron chi connectivity index (χ3n) is 6.20. The van der Waals surface area contributed by atoms with Gasteiger partial charge in [0.15, 0.2) is 0 Å². The lowest BCUT2D eigenvalue weighted by Crippen LogP contribution is -2.47. The summed E-state index contributed by atoms with van der Waals surface area (Å²) in [6.45, 7) is 1.85. The average Bonchev–Trinajstić information content (AvgIpc) is 2.83. The second kappa shape index (κ2) is 10.6. The Labute approximate surface area is 200 Å². The van der Waals surface area contributed by atoms with E-state index in [-0.39, 0.29) is 48.8 Å². The van der Waals surface area contributed by atoms with E-state index in [4.69, 9.17) is 0 Å². The van der Waals surface area contributed by atoms with Gasteiger partial charge in [0, 0.05) is 38.5 Å². The van der Waals surface area contributed by atoms with Gasteiger partial charge in [-0.15, -0.1) is 0 Å². The predicted octanol–water partition coefficient (Wildman–Crippen LogP) is 4.10. The van der Waals surface area contributed by atoms with Gasteiger partial charge < -0.3 is 5.32 Å². The van der Waals surface area contributed by atoms with E-state index >= 15 is 0 Å². The van der Waals surface area contributed by atoms with E-state index in [9.17, 15) is 27.2 Å². The predicted molar refractivity (Wildman–Crippen MR) is 122 cm³/mol. The fourth-order valence-corrected chi connectivity index (χ4v) is 4.26. The zero-order chi connectivity index (χ0) is 25.0. The molecule has 2 aliphatic rings. The third kappa shape index (κ3) is 6.66. The number of halogens is 4. The van der Waals surface area contributed by atoms with Gasteiger partial charge in [0.25, 0.3) is 5.91 Å². The SMILES string of the molecule is O=C(NC1CCN(Cc2cccc(C(F)(F)F)c2)CC1)C1=NN(Cc2ccc(F)cc2)C(=O)CC1. The first-order chi connectivity index (χ1) is 16.7. The van der Waals surface area contributed by atoms with Gasteiger partial charge in [0.1, 0.15) is 11.5 Å². The summed E-state index contributed by atoms with van der Waals surface area (Å²) in [5.74, 6) is -0.894. The summed E-state index contributed by atoms with van der Waals surface area (Å²) in [6.07, 6.45) is -2.62. The monoisotopic (exact) mass is 490 g/mol. The average molecular weight is 491 g/mol. The van der Waals surface area contributed by atoms with Crippen LogP contribution in [0.5, 0.6) is 0 Å². The number of rotatable bonds is 6. The normalized spacial score (nSPS) is 17.9. The van der Waals surface area contributed by atoms with E-state index in [2.05, 4.69) is 15.3 Å². The van der Waals surface area contributed by atoms with Gasteiger partial charge in [0.05, 0.1) is 12.1 Å². The molecule has 0 bridgehead atoms. The largest absolute Gasteiger partial charge is 0.416 e. The van der Waals surface area contributed by atoms with Crippen LogP contribution in [0.4, 0.5) is 17.6 Å². The summed E-state index contributed by atoms with van der Waals surface area (Å²) in [5, 5.41) is 8.45. The van der Waals surface area contributed by atoms with Gasteiger partial charge in [-0.2, -0.15) is 18.3 Å². The molecule has 1 saturated heterocycles. The number of amides is 2. The molecule has 0 radical (unpaired) electrons. The zero-order valence-corrected chi connectivity index (χ0v) is 19.0. The third-order valence-corrected chi connectivity index (χ3v) is 6.20. The van der Waals surface area contributed by atoms with Crippen molar-refractivity contribution in [3.8, 4) is 0 Å². The molecular weight excluding hydrogens is 464 g/mol. The van der Waals surface area contributed by atoms with Gasteiger partial charge in [-0.3, -0.25) is 14.5 Å². The Morgan fingerprint density at radius 2 is 1.71 bits per heavy atom. The molecule has 35 heavy (non-hydrogen) atoms. The standard InChI is InChI=1S/C25H26F4N4O2/c26-20-6-4-17(5-7-20)16-33-23(34)9-8-22(31-33)24(35)30-21-10-12-32(13-11-21)15-18-2-1-3-19(14-18)25(27,28)29/h1-7,14,21H,8-13,15-16H2,(H,30,35). The Morgan fingerprint density at radius 3 is 2.40 bits per heavy atom. The molecule has 1 fully saturated rings. The van der Waals surface area contributed by atoms with Crippen molar-refractivity contribution >= 4 is 17.5 Å². The lowest BCUT2D eigenvalue weighted by atomic mass is 10.0. The first-order valence-corrected chi connectivity index (χ1v) is 11.5. The lowest BCUT2D eigenvalue weighted by Gasteiger charge is -2.33. The maximum atomic E-state index is 13.1. The van der Waals surface area contributed by atoms with Crippen molar-refractivity contribution in [2.45, 2.75) is 51.0 Å². The summed E-state index contributed by atoms with van der Waals surface area (Å²) in [4.78, 5) is 27.1. The molecule has 6 nitrogen and oxygen atoms in total. The Morgan fingerprint density at radius 1 is 1.00 bits per heavy atom. The number of likely N-dealkylation sites (tertiary alicyclic amines) is 1. The molecule has 0 unspecified atom stereocenters. The highest BCUT2D eigenvalue weighted by molar-refractivity contribution is 6.39. The summed E-state index contributed by atoms with van der Waals surface area (Å²) in [7, 11) is 0. The number of nitrogens with zero attached hydrogens (tertiary/aromatic N) is 3. The molecule has 2 amide bonds. The lowest BCUT2D eigenvalue weighted by molar-refractivity contribution is -0.137. The van der Waals surface area contributed by atoms with E-state index in [0.717, 1.165) is 6.07 Å². The molecule has 10 heteroatoms. The highest BCUT2D eigenvalue weighted by Crippen LogP contribution is 2.30. The van der Waals surface area contributed by atoms with Crippen molar-refractivity contribution in [3.05, 3.63) is 71.0 Å². The highest BCUT2D eigenvalue weighted by atomic mass is 19.4. The van der Waals surface area contributed by atoms with E-state index in [1.165, 1.54) is 29.3 Å². The van der Waals surface area contributed by atoms with Gasteiger partial charge >= 0.3 is 6.18 Å². The van der Waals surface area contributed by atoms with Gasteiger partial charge in [-0.05, 0) is 42.2 Å². The summed E-state index contributed by atoms with van der Waals surface area (Å²) >= 11 is 0. The van der Waals surface area contributed by atoms with Crippen molar-refractivity contribution in [2.24, 2.45) is 5.10 Å². The molecule has 2 aromatic rings. The first kappa shape index (κ1) is 24.8. The maximum Gasteiger partial charge on any atom is 0.416 e. The molecule has 2 heterocycles. The number of piperidine rings is 1. The Bertz CT molecular complexity index is 1090. The fourth-order valence-electron chi connectivity index (χ4n) is 4.26. The van der Waals surface area contributed by atoms with Crippen LogP contribution in [0, 0.1) is 5.82 Å². The van der Waals surface area contributed by atoms with Crippen molar-refractivity contribution in [1.29, 1.82) is 0 Å². The molecule has 0 aliphatic carbocycles. The summed E-state index contributed by atoms with van der Waals surface area (Å²) in [6, 6.07) is 11.0. The van der Waals surface area contributed by atoms with Crippen molar-refractivity contribution in [1.82, 2.24) is 15.2 Å². The number of benzene rings is 2. The van der Waals surface area contributed by atoms with Crippen LogP contribution in [-0.4, -0.2) is 46.6 Å². The van der Waals surface area contributed by atoms with Crippen LogP contribution in [0.25, 0.3) is 0 Å². The molecule has 4 rings (SSSR count). The number of nitrogens with one attached hydrogen (secondary N) is 1. The number of carbonyl (C=O) groups is 2. The van der Waals surface area contributed by atoms with Gasteiger partial charge in [-0.1, -0.05) is 30.3 Å². The summed E-state index contributed by atoms with van der Waals surface area (Å²) < 4.78 is 51.9. The van der Waals surface area contributed by atoms with Crippen molar-refractivity contribution in [3.63, 3.8) is 0 Å². The van der Waals surface area contributed by atoms with Crippen molar-refractivity contribution < 1.29 is 27.2 Å². The molecular formula is C25H26F4N4O2. The topological polar surface area (TPSA) is 65.0 Å². The van der Waals surface area contributed by atoms with E-state index < -0.39 is 11.7 Å². The van der Waals surface area contributed by atoms with Crippen LogP contribution in [-0.2, 0) is 28.9 Å². The van der Waals surface area contributed by atoms with Crippen LogP contribution in [0.2, 0.25) is 0 Å². The number of hydrazone groups is 1. The molecule has 0 atom stereocenters. The van der Waals surface area contributed by atoms with Crippen LogP contribution in [0.15, 0.2) is 53.6 Å². The summed E-state index contributed by atoms with van der Waals surface area (Å²) in [5.41, 5.74) is 0.929.